The smallest absolute Gasteiger partial charge is 0.274 e. The van der Waals surface area contributed by atoms with Crippen molar-refractivity contribution in [2.75, 3.05) is 5.32 Å². The molecule has 7 heteroatoms. The molecule has 1 aliphatic heterocycles. The highest BCUT2D eigenvalue weighted by Gasteiger charge is 2.31. The van der Waals surface area contributed by atoms with E-state index >= 15 is 0 Å². The summed E-state index contributed by atoms with van der Waals surface area (Å²) < 4.78 is 12.6. The number of carbonyl (C=O) groups excluding carboxylic acids is 1. The molecule has 2 heterocycles. The van der Waals surface area contributed by atoms with Crippen LogP contribution in [-0.2, 0) is 18.3 Å². The number of rotatable bonds is 3. The fourth-order valence-electron chi connectivity index (χ4n) is 3.16. The lowest BCUT2D eigenvalue weighted by Crippen LogP contribution is -2.29. The maximum atomic E-state index is 12.5. The van der Waals surface area contributed by atoms with Gasteiger partial charge in [-0.2, -0.15) is 5.10 Å². The molecule has 1 aromatic heterocycles. The maximum absolute atomic E-state index is 12.5. The maximum Gasteiger partial charge on any atom is 0.274 e. The number of ether oxygens (including phenoxy) is 2. The van der Waals surface area contributed by atoms with Crippen LogP contribution in [0.15, 0.2) is 47.3 Å². The summed E-state index contributed by atoms with van der Waals surface area (Å²) in [4.78, 5) is 24.7. The molecule has 0 fully saturated rings. The molecule has 1 amide bonds. The number of aromatic nitrogens is 2. The predicted octanol–water partition coefficient (Wildman–Crippen LogP) is 2.62. The van der Waals surface area contributed by atoms with E-state index in [4.69, 9.17) is 9.47 Å². The molecule has 7 nitrogen and oxygen atoms in total. The van der Waals surface area contributed by atoms with Gasteiger partial charge in [-0.15, -0.1) is 0 Å². The zero-order valence-corrected chi connectivity index (χ0v) is 15.3. The second-order valence-corrected chi connectivity index (χ2v) is 6.91. The van der Waals surface area contributed by atoms with Crippen LogP contribution in [0.3, 0.4) is 0 Å². The molecule has 1 aliphatic rings. The molecule has 0 spiro atoms. The summed E-state index contributed by atoms with van der Waals surface area (Å²) in [5.74, 6) is 0.277. The molecule has 1 N–H and O–H groups in total. The number of anilines is 1. The van der Waals surface area contributed by atoms with Crippen LogP contribution in [0.1, 0.15) is 19.5 Å². The molecule has 0 bridgehead atoms. The Morgan fingerprint density at radius 2 is 1.81 bits per heavy atom. The fourth-order valence-corrected chi connectivity index (χ4v) is 3.16. The summed E-state index contributed by atoms with van der Waals surface area (Å²) in [6.45, 7) is 3.64. The van der Waals surface area contributed by atoms with Gasteiger partial charge in [-0.05, 0) is 18.2 Å². The summed E-state index contributed by atoms with van der Waals surface area (Å²) in [7, 11) is 1.58. The van der Waals surface area contributed by atoms with Gasteiger partial charge in [0.25, 0.3) is 5.56 Å². The van der Waals surface area contributed by atoms with Crippen LogP contribution in [0.5, 0.6) is 11.5 Å². The fraction of sp³-hybridized carbons (Fsp3) is 0.250. The first-order valence-corrected chi connectivity index (χ1v) is 8.59. The SMILES string of the molecule is Cn1nc(CC(=O)Nc2ccc3c(c2)OC(C)(C)O3)c2ccccc2c1=O. The lowest BCUT2D eigenvalue weighted by Gasteiger charge is -2.16. The molecule has 0 saturated heterocycles. The topological polar surface area (TPSA) is 82.5 Å². The molecular weight excluding hydrogens is 346 g/mol. The zero-order chi connectivity index (χ0) is 19.2. The van der Waals surface area contributed by atoms with E-state index in [0.717, 1.165) is 0 Å². The van der Waals surface area contributed by atoms with Crippen molar-refractivity contribution in [2.45, 2.75) is 26.1 Å². The molecule has 0 unspecified atom stereocenters. The summed E-state index contributed by atoms with van der Waals surface area (Å²) >= 11 is 0. The van der Waals surface area contributed by atoms with Crippen molar-refractivity contribution < 1.29 is 14.3 Å². The first-order valence-electron chi connectivity index (χ1n) is 8.59. The van der Waals surface area contributed by atoms with Gasteiger partial charge in [0.2, 0.25) is 11.7 Å². The highest BCUT2D eigenvalue weighted by atomic mass is 16.7. The number of fused-ring (bicyclic) bond motifs is 2. The Labute approximate surface area is 155 Å². The summed E-state index contributed by atoms with van der Waals surface area (Å²) in [5, 5.41) is 8.33. The van der Waals surface area contributed by atoms with Crippen molar-refractivity contribution in [3.63, 3.8) is 0 Å². The summed E-state index contributed by atoms with van der Waals surface area (Å²) in [6.07, 6.45) is 0.0502. The van der Waals surface area contributed by atoms with Gasteiger partial charge in [0.15, 0.2) is 11.5 Å². The van der Waals surface area contributed by atoms with Gasteiger partial charge < -0.3 is 14.8 Å². The molecule has 0 aliphatic carbocycles. The summed E-state index contributed by atoms with van der Waals surface area (Å²) in [5.41, 5.74) is 0.967. The second kappa shape index (κ2) is 6.12. The van der Waals surface area contributed by atoms with Gasteiger partial charge in [-0.25, -0.2) is 4.68 Å². The van der Waals surface area contributed by atoms with Crippen LogP contribution in [0.2, 0.25) is 0 Å². The van der Waals surface area contributed by atoms with Crippen LogP contribution < -0.4 is 20.3 Å². The van der Waals surface area contributed by atoms with E-state index in [9.17, 15) is 9.59 Å². The molecule has 0 atom stereocenters. The number of amides is 1. The Bertz CT molecular complexity index is 1120. The van der Waals surface area contributed by atoms with Gasteiger partial charge in [0.05, 0.1) is 17.5 Å². The normalized spacial score (nSPS) is 14.3. The first-order chi connectivity index (χ1) is 12.8. The van der Waals surface area contributed by atoms with Gasteiger partial charge in [-0.1, -0.05) is 18.2 Å². The van der Waals surface area contributed by atoms with Crippen LogP contribution in [0.25, 0.3) is 10.8 Å². The van der Waals surface area contributed by atoms with Gasteiger partial charge in [-0.3, -0.25) is 9.59 Å². The number of benzene rings is 2. The van der Waals surface area contributed by atoms with Gasteiger partial charge in [0.1, 0.15) is 0 Å². The Morgan fingerprint density at radius 3 is 2.59 bits per heavy atom. The van der Waals surface area contributed by atoms with E-state index in [1.165, 1.54) is 4.68 Å². The van der Waals surface area contributed by atoms with E-state index in [2.05, 4.69) is 10.4 Å². The third-order valence-corrected chi connectivity index (χ3v) is 4.30. The summed E-state index contributed by atoms with van der Waals surface area (Å²) in [6, 6.07) is 12.4. The van der Waals surface area contributed by atoms with Crippen molar-refractivity contribution in [1.82, 2.24) is 9.78 Å². The van der Waals surface area contributed by atoms with E-state index in [1.807, 2.05) is 19.9 Å². The third kappa shape index (κ3) is 3.23. The Balaban J connectivity index is 1.57. The Kier molecular flexibility index (Phi) is 3.87. The van der Waals surface area contributed by atoms with Crippen LogP contribution in [0.4, 0.5) is 5.69 Å². The number of hydrogen-bond acceptors (Lipinski definition) is 5. The van der Waals surface area contributed by atoms with Crippen molar-refractivity contribution in [3.8, 4) is 11.5 Å². The minimum atomic E-state index is -0.720. The minimum Gasteiger partial charge on any atom is -0.449 e. The quantitative estimate of drug-likeness (QED) is 0.771. The Hall–Kier alpha value is -3.35. The van der Waals surface area contributed by atoms with Crippen molar-refractivity contribution >= 4 is 22.4 Å². The molecule has 27 heavy (non-hydrogen) atoms. The zero-order valence-electron chi connectivity index (χ0n) is 15.3. The number of nitrogens with zero attached hydrogens (tertiary/aromatic N) is 2. The molecule has 3 aromatic rings. The third-order valence-electron chi connectivity index (χ3n) is 4.30. The van der Waals surface area contributed by atoms with E-state index in [1.54, 1.807) is 43.4 Å². The molecule has 4 rings (SSSR count). The standard InChI is InChI=1S/C20H19N3O4/c1-20(2)26-16-9-8-12(10-17(16)27-20)21-18(24)11-15-13-6-4-5-7-14(13)19(25)23(3)22-15/h4-10H,11H2,1-3H3,(H,21,24). The van der Waals surface area contributed by atoms with Crippen LogP contribution in [-0.4, -0.2) is 21.5 Å². The van der Waals surface area contributed by atoms with Crippen molar-refractivity contribution in [2.24, 2.45) is 7.05 Å². The van der Waals surface area contributed by atoms with E-state index in [0.29, 0.717) is 33.7 Å². The average Bonchev–Trinajstić information content (AvgIpc) is 2.92. The van der Waals surface area contributed by atoms with Crippen molar-refractivity contribution in [1.29, 1.82) is 0 Å². The second-order valence-electron chi connectivity index (χ2n) is 6.91. The lowest BCUT2D eigenvalue weighted by molar-refractivity contribution is -0.115. The number of carbonyl (C=O) groups is 1. The molecule has 0 radical (unpaired) electrons. The van der Waals surface area contributed by atoms with E-state index in [-0.39, 0.29) is 17.9 Å². The monoisotopic (exact) mass is 365 g/mol. The van der Waals surface area contributed by atoms with Crippen LogP contribution in [0, 0.1) is 0 Å². The van der Waals surface area contributed by atoms with E-state index < -0.39 is 5.79 Å². The largest absolute Gasteiger partial charge is 0.449 e. The average molecular weight is 365 g/mol. The van der Waals surface area contributed by atoms with Gasteiger partial charge >= 0.3 is 0 Å². The van der Waals surface area contributed by atoms with Crippen LogP contribution >= 0.6 is 0 Å². The number of hydrogen-bond donors (Lipinski definition) is 1. The van der Waals surface area contributed by atoms with Gasteiger partial charge in [0, 0.05) is 38.0 Å². The molecular formula is C20H19N3O4. The first kappa shape index (κ1) is 17.1. The molecule has 0 saturated carbocycles. The number of nitrogens with one attached hydrogen (secondary N) is 1. The lowest BCUT2D eigenvalue weighted by atomic mass is 10.1. The highest BCUT2D eigenvalue weighted by Crippen LogP contribution is 2.40. The predicted molar refractivity (Wildman–Crippen MR) is 101 cm³/mol. The molecule has 2 aromatic carbocycles. The molecule has 138 valence electrons. The van der Waals surface area contributed by atoms with Crippen molar-refractivity contribution in [3.05, 3.63) is 58.5 Å². The number of aryl methyl sites for hydroxylation is 1. The minimum absolute atomic E-state index is 0.0502. The highest BCUT2D eigenvalue weighted by molar-refractivity contribution is 5.95. The Morgan fingerprint density at radius 1 is 1.11 bits per heavy atom.